The maximum absolute atomic E-state index is 12.7. The topological polar surface area (TPSA) is 86.9 Å². The molecule has 27 heavy (non-hydrogen) atoms. The highest BCUT2D eigenvalue weighted by Crippen LogP contribution is 2.14. The first-order valence-electron chi connectivity index (χ1n) is 9.03. The summed E-state index contributed by atoms with van der Waals surface area (Å²) < 4.78 is 0. The Bertz CT molecular complexity index is 928. The fourth-order valence-electron chi connectivity index (χ4n) is 2.95. The lowest BCUT2D eigenvalue weighted by Gasteiger charge is -2.21. The van der Waals surface area contributed by atoms with Gasteiger partial charge in [0, 0.05) is 0 Å². The molecule has 2 amide bonds. The first-order valence-corrected chi connectivity index (χ1v) is 9.03. The van der Waals surface area contributed by atoms with Gasteiger partial charge in [0.05, 0.1) is 17.5 Å². The number of nitrogens with one attached hydrogen (secondary N) is 3. The number of carbonyl (C=O) groups is 2. The summed E-state index contributed by atoms with van der Waals surface area (Å²) in [6.07, 6.45) is 0.244. The zero-order valence-corrected chi connectivity index (χ0v) is 15.7. The van der Waals surface area contributed by atoms with Crippen LogP contribution in [0.4, 0.5) is 5.95 Å². The van der Waals surface area contributed by atoms with Gasteiger partial charge in [-0.05, 0) is 36.1 Å². The molecular formula is C21H24N4O2. The van der Waals surface area contributed by atoms with Gasteiger partial charge in [-0.15, -0.1) is 0 Å². The van der Waals surface area contributed by atoms with Crippen LogP contribution in [0.3, 0.4) is 0 Å². The van der Waals surface area contributed by atoms with E-state index in [0.717, 1.165) is 22.2 Å². The summed E-state index contributed by atoms with van der Waals surface area (Å²) in [5, 5.41) is 5.63. The first kappa shape index (κ1) is 18.6. The molecule has 140 valence electrons. The van der Waals surface area contributed by atoms with Gasteiger partial charge in [0.15, 0.2) is 0 Å². The van der Waals surface area contributed by atoms with Gasteiger partial charge in [-0.1, -0.05) is 50.2 Å². The molecule has 3 rings (SSSR count). The number of aryl methyl sites for hydroxylation is 1. The summed E-state index contributed by atoms with van der Waals surface area (Å²) in [5.41, 5.74) is 3.63. The van der Waals surface area contributed by atoms with Gasteiger partial charge in [0.2, 0.25) is 17.8 Å². The molecule has 1 aromatic heterocycles. The molecule has 0 aliphatic carbocycles. The van der Waals surface area contributed by atoms with E-state index >= 15 is 0 Å². The molecule has 0 bridgehead atoms. The van der Waals surface area contributed by atoms with E-state index in [1.165, 1.54) is 0 Å². The number of aromatic amines is 1. The minimum atomic E-state index is -0.644. The Hall–Kier alpha value is -3.15. The van der Waals surface area contributed by atoms with Crippen LogP contribution in [0.25, 0.3) is 11.0 Å². The number of hydrogen-bond acceptors (Lipinski definition) is 3. The molecule has 3 aromatic rings. The molecule has 6 nitrogen and oxygen atoms in total. The molecule has 1 heterocycles. The van der Waals surface area contributed by atoms with Crippen molar-refractivity contribution in [2.75, 3.05) is 5.32 Å². The molecule has 0 aliphatic heterocycles. The Morgan fingerprint density at radius 1 is 1.07 bits per heavy atom. The smallest absolute Gasteiger partial charge is 0.249 e. The molecule has 1 unspecified atom stereocenters. The molecular weight excluding hydrogens is 340 g/mol. The van der Waals surface area contributed by atoms with Crippen molar-refractivity contribution in [3.05, 3.63) is 59.7 Å². The summed E-state index contributed by atoms with van der Waals surface area (Å²) in [4.78, 5) is 32.6. The van der Waals surface area contributed by atoms with Crippen molar-refractivity contribution in [1.29, 1.82) is 0 Å². The van der Waals surface area contributed by atoms with Crippen LogP contribution >= 0.6 is 0 Å². The van der Waals surface area contributed by atoms with Crippen LogP contribution in [0.2, 0.25) is 0 Å². The number of benzene rings is 2. The number of fused-ring (bicyclic) bond motifs is 1. The number of imidazole rings is 1. The fraction of sp³-hybridized carbons (Fsp3) is 0.286. The van der Waals surface area contributed by atoms with E-state index in [2.05, 4.69) is 20.6 Å². The highest BCUT2D eigenvalue weighted by molar-refractivity contribution is 5.97. The van der Waals surface area contributed by atoms with Gasteiger partial charge in [-0.3, -0.25) is 14.9 Å². The molecule has 0 saturated carbocycles. The van der Waals surface area contributed by atoms with Gasteiger partial charge in [0.25, 0.3) is 0 Å². The lowest BCUT2D eigenvalue weighted by molar-refractivity contribution is -0.127. The highest BCUT2D eigenvalue weighted by Gasteiger charge is 2.25. The maximum Gasteiger partial charge on any atom is 0.249 e. The van der Waals surface area contributed by atoms with Crippen LogP contribution in [0.1, 0.15) is 25.0 Å². The summed E-state index contributed by atoms with van der Waals surface area (Å²) >= 11 is 0. The lowest BCUT2D eigenvalue weighted by Crippen LogP contribution is -2.47. The number of carbonyl (C=O) groups excluding carboxylic acids is 2. The van der Waals surface area contributed by atoms with E-state index < -0.39 is 6.04 Å². The average Bonchev–Trinajstić information content (AvgIpc) is 3.03. The Kier molecular flexibility index (Phi) is 5.54. The summed E-state index contributed by atoms with van der Waals surface area (Å²) in [7, 11) is 0. The number of hydrogen-bond donors (Lipinski definition) is 3. The molecule has 3 N–H and O–H groups in total. The maximum atomic E-state index is 12.7. The standard InChI is InChI=1S/C21H24N4O2/c1-13(2)19(24-18(26)12-15-9-5-4-8-14(15)3)20(27)25-21-22-16-10-6-7-11-17(16)23-21/h4-11,13,19H,12H2,1-3H3,(H,24,26)(H2,22,23,25,27). The Labute approximate surface area is 158 Å². The second-order valence-electron chi connectivity index (χ2n) is 6.98. The largest absolute Gasteiger partial charge is 0.344 e. The fourth-order valence-corrected chi connectivity index (χ4v) is 2.95. The second-order valence-corrected chi connectivity index (χ2v) is 6.98. The van der Waals surface area contributed by atoms with Crippen LogP contribution in [-0.4, -0.2) is 27.8 Å². The molecule has 0 aliphatic rings. The zero-order chi connectivity index (χ0) is 19.4. The number of anilines is 1. The summed E-state index contributed by atoms with van der Waals surface area (Å²) in [6.45, 7) is 5.77. The number of rotatable bonds is 6. The first-order chi connectivity index (χ1) is 12.9. The number of para-hydroxylation sites is 2. The average molecular weight is 364 g/mol. The normalized spacial score (nSPS) is 12.1. The van der Waals surface area contributed by atoms with Gasteiger partial charge in [-0.2, -0.15) is 0 Å². The molecule has 0 fully saturated rings. The number of amides is 2. The van der Waals surface area contributed by atoms with Crippen molar-refractivity contribution < 1.29 is 9.59 Å². The number of nitrogens with zero attached hydrogens (tertiary/aromatic N) is 1. The van der Waals surface area contributed by atoms with E-state index in [-0.39, 0.29) is 24.2 Å². The van der Waals surface area contributed by atoms with E-state index in [0.29, 0.717) is 5.95 Å². The minimum Gasteiger partial charge on any atom is -0.344 e. The van der Waals surface area contributed by atoms with Crippen LogP contribution in [0.15, 0.2) is 48.5 Å². The van der Waals surface area contributed by atoms with Gasteiger partial charge in [-0.25, -0.2) is 4.98 Å². The van der Waals surface area contributed by atoms with E-state index in [1.807, 2.05) is 69.3 Å². The molecule has 1 atom stereocenters. The van der Waals surface area contributed by atoms with Crippen molar-refractivity contribution >= 4 is 28.8 Å². The van der Waals surface area contributed by atoms with Gasteiger partial charge < -0.3 is 10.3 Å². The van der Waals surface area contributed by atoms with Gasteiger partial charge in [0.1, 0.15) is 6.04 Å². The lowest BCUT2D eigenvalue weighted by atomic mass is 10.0. The van der Waals surface area contributed by atoms with E-state index in [1.54, 1.807) is 0 Å². The Morgan fingerprint density at radius 2 is 1.78 bits per heavy atom. The second kappa shape index (κ2) is 8.03. The molecule has 0 saturated heterocycles. The van der Waals surface area contributed by atoms with Crippen molar-refractivity contribution in [3.63, 3.8) is 0 Å². The van der Waals surface area contributed by atoms with Crippen LogP contribution in [0.5, 0.6) is 0 Å². The number of aromatic nitrogens is 2. The zero-order valence-electron chi connectivity index (χ0n) is 15.7. The van der Waals surface area contributed by atoms with E-state index in [9.17, 15) is 9.59 Å². The Balaban J connectivity index is 1.68. The summed E-state index contributed by atoms with van der Waals surface area (Å²) in [6, 6.07) is 14.6. The van der Waals surface area contributed by atoms with Gasteiger partial charge >= 0.3 is 0 Å². The monoisotopic (exact) mass is 364 g/mol. The van der Waals surface area contributed by atoms with Crippen molar-refractivity contribution in [3.8, 4) is 0 Å². The Morgan fingerprint density at radius 3 is 2.48 bits per heavy atom. The molecule has 2 aromatic carbocycles. The molecule has 6 heteroatoms. The van der Waals surface area contributed by atoms with Crippen LogP contribution < -0.4 is 10.6 Å². The predicted octanol–water partition coefficient (Wildman–Crippen LogP) is 3.19. The quantitative estimate of drug-likeness (QED) is 0.628. The van der Waals surface area contributed by atoms with Crippen LogP contribution in [-0.2, 0) is 16.0 Å². The molecule has 0 radical (unpaired) electrons. The predicted molar refractivity (Wildman–Crippen MR) is 106 cm³/mol. The third kappa shape index (κ3) is 4.53. The van der Waals surface area contributed by atoms with Crippen molar-refractivity contribution in [2.24, 2.45) is 5.92 Å². The minimum absolute atomic E-state index is 0.0600. The third-order valence-corrected chi connectivity index (χ3v) is 4.51. The van der Waals surface area contributed by atoms with Crippen LogP contribution in [0, 0.1) is 12.8 Å². The SMILES string of the molecule is Cc1ccccc1CC(=O)NC(C(=O)Nc1nc2ccccc2[nH]1)C(C)C. The van der Waals surface area contributed by atoms with E-state index in [4.69, 9.17) is 0 Å². The highest BCUT2D eigenvalue weighted by atomic mass is 16.2. The van der Waals surface area contributed by atoms with Crippen molar-refractivity contribution in [1.82, 2.24) is 15.3 Å². The number of H-pyrrole nitrogens is 1. The third-order valence-electron chi connectivity index (χ3n) is 4.51. The molecule has 0 spiro atoms. The van der Waals surface area contributed by atoms with Crippen molar-refractivity contribution in [2.45, 2.75) is 33.2 Å². The summed E-state index contributed by atoms with van der Waals surface area (Å²) in [5.74, 6) is -0.153.